The molecule has 9 rings (SSSR count). The summed E-state index contributed by atoms with van der Waals surface area (Å²) in [5, 5.41) is 12.7. The van der Waals surface area contributed by atoms with Crippen LogP contribution in [0.3, 0.4) is 0 Å². The molecule has 2 fully saturated rings. The molecule has 1 saturated heterocycles. The van der Waals surface area contributed by atoms with Crippen LogP contribution >= 0.6 is 0 Å². The van der Waals surface area contributed by atoms with Gasteiger partial charge in [-0.15, -0.1) is 0 Å². The zero-order valence-corrected chi connectivity index (χ0v) is 37.9. The molecule has 1 aliphatic carbocycles. The monoisotopic (exact) mass is 892 g/mol. The van der Waals surface area contributed by atoms with Gasteiger partial charge in [0, 0.05) is 30.3 Å². The first kappa shape index (κ1) is 44.2. The fraction of sp³-hybridized carbons (Fsp3) is 0.373. The molecular formula is C51H56N8O7. The van der Waals surface area contributed by atoms with Crippen molar-refractivity contribution >= 4 is 67.6 Å². The molecule has 66 heavy (non-hydrogen) atoms. The number of likely N-dealkylation sites (tertiary alicyclic amines) is 1. The minimum atomic E-state index is -0.945. The Morgan fingerprint density at radius 1 is 0.758 bits per heavy atom. The number of rotatable bonds is 15. The van der Waals surface area contributed by atoms with Gasteiger partial charge in [0.25, 0.3) is 5.91 Å². The standard InChI is InChI=1S/C51H56N8O7/c1-6-28(2)42(57-50(62)65-4)48(60)54-40(22-29-12-13-29)46-52-38-20-16-34-24-32(14-18-36(34)44(38)55-46)33-15-19-37-35(25-33)17-21-39-45(37)56-47(53-39)41-23-30(27-64-3)26-59(41)49(61)43(58-51(63)66-5)31-10-8-7-9-11-31/h7-11,14-21,24-25,28-30,40-43H,6,12-13,22-23,26-27H2,1-5H3,(H,52,55)(H,53,56)(H,54,60)(H,57,62)(H,58,63)/t28-,30-,40-,41-,42-,43+/m0/s1. The van der Waals surface area contributed by atoms with Crippen LogP contribution in [-0.2, 0) is 23.8 Å². The third kappa shape index (κ3) is 8.99. The fourth-order valence-electron chi connectivity index (χ4n) is 9.46. The molecule has 0 unspecified atom stereocenters. The number of fused-ring (bicyclic) bond motifs is 6. The van der Waals surface area contributed by atoms with Gasteiger partial charge < -0.3 is 45.0 Å². The van der Waals surface area contributed by atoms with Gasteiger partial charge in [0.15, 0.2) is 0 Å². The van der Waals surface area contributed by atoms with Crippen molar-refractivity contribution in [3.63, 3.8) is 0 Å². The molecule has 7 aromatic rings. The molecule has 15 heteroatoms. The number of hydrogen-bond donors (Lipinski definition) is 5. The molecule has 2 aliphatic rings. The third-order valence-electron chi connectivity index (χ3n) is 13.4. The molecule has 5 N–H and O–H groups in total. The predicted octanol–water partition coefficient (Wildman–Crippen LogP) is 8.77. The molecule has 342 valence electrons. The SMILES string of the molecule is CC[C@H](C)[C@H](NC(=O)OC)C(=O)N[C@@H](CC1CC1)c1nc2c(ccc3cc(-c4ccc5c(ccc6[nH]c([C@@H]7C[C@H](COC)CN7C(=O)[C@H](NC(=O)OC)c7ccccc7)nc65)c4)ccc32)[nH]1. The zero-order chi connectivity index (χ0) is 46.1. The average molecular weight is 893 g/mol. The minimum absolute atomic E-state index is 0.0710. The molecule has 5 aromatic carbocycles. The van der Waals surface area contributed by atoms with Crippen LogP contribution < -0.4 is 16.0 Å². The van der Waals surface area contributed by atoms with Crippen molar-refractivity contribution in [3.05, 3.63) is 108 Å². The number of H-pyrrole nitrogens is 2. The van der Waals surface area contributed by atoms with Gasteiger partial charge in [0.1, 0.15) is 23.7 Å². The second-order valence-corrected chi connectivity index (χ2v) is 17.8. The van der Waals surface area contributed by atoms with Gasteiger partial charge in [-0.25, -0.2) is 19.6 Å². The summed E-state index contributed by atoms with van der Waals surface area (Å²) in [7, 11) is 4.24. The highest BCUT2D eigenvalue weighted by Crippen LogP contribution is 2.40. The lowest BCUT2D eigenvalue weighted by atomic mass is 9.97. The molecule has 0 spiro atoms. The number of aromatic nitrogens is 4. The van der Waals surface area contributed by atoms with Gasteiger partial charge in [-0.2, -0.15) is 0 Å². The van der Waals surface area contributed by atoms with Crippen molar-refractivity contribution in [2.24, 2.45) is 17.8 Å². The number of nitrogens with one attached hydrogen (secondary N) is 5. The Bertz CT molecular complexity index is 2930. The summed E-state index contributed by atoms with van der Waals surface area (Å²) in [4.78, 5) is 71.8. The second kappa shape index (κ2) is 18.8. The first-order valence-electron chi connectivity index (χ1n) is 22.7. The quantitative estimate of drug-likeness (QED) is 0.0669. The molecule has 0 bridgehead atoms. The highest BCUT2D eigenvalue weighted by Gasteiger charge is 2.41. The predicted molar refractivity (Wildman–Crippen MR) is 252 cm³/mol. The van der Waals surface area contributed by atoms with Crippen LogP contribution in [0.5, 0.6) is 0 Å². The van der Waals surface area contributed by atoms with Crippen molar-refractivity contribution in [3.8, 4) is 11.1 Å². The molecule has 3 heterocycles. The Morgan fingerprint density at radius 3 is 2.02 bits per heavy atom. The van der Waals surface area contributed by atoms with Crippen molar-refractivity contribution in [2.75, 3.05) is 34.5 Å². The van der Waals surface area contributed by atoms with E-state index in [-0.39, 0.29) is 35.7 Å². The van der Waals surface area contributed by atoms with E-state index in [1.807, 2.05) is 56.3 Å². The normalized spacial score (nSPS) is 18.0. The lowest BCUT2D eigenvalue weighted by molar-refractivity contribution is -0.134. The van der Waals surface area contributed by atoms with Crippen LogP contribution in [0.25, 0.3) is 54.7 Å². The number of carbonyl (C=O) groups is 4. The Balaban J connectivity index is 0.986. The van der Waals surface area contributed by atoms with Crippen LogP contribution in [-0.4, -0.2) is 89.4 Å². The molecular weight excluding hydrogens is 837 g/mol. The third-order valence-corrected chi connectivity index (χ3v) is 13.4. The summed E-state index contributed by atoms with van der Waals surface area (Å²) in [5.74, 6) is 1.34. The van der Waals surface area contributed by atoms with E-state index in [9.17, 15) is 19.2 Å². The highest BCUT2D eigenvalue weighted by atomic mass is 16.5. The topological polar surface area (TPSA) is 193 Å². The van der Waals surface area contributed by atoms with Crippen molar-refractivity contribution in [1.82, 2.24) is 40.8 Å². The number of alkyl carbamates (subject to hydrolysis) is 2. The summed E-state index contributed by atoms with van der Waals surface area (Å²) in [6, 6.07) is 27.8. The number of imidazole rings is 2. The van der Waals surface area contributed by atoms with Crippen LogP contribution in [0.15, 0.2) is 91.0 Å². The van der Waals surface area contributed by atoms with E-state index in [2.05, 4.69) is 74.4 Å². The van der Waals surface area contributed by atoms with E-state index in [1.165, 1.54) is 14.2 Å². The number of carbonyl (C=O) groups excluding carboxylic acids is 4. The summed E-state index contributed by atoms with van der Waals surface area (Å²) in [5.41, 5.74) is 6.14. The lowest BCUT2D eigenvalue weighted by Crippen LogP contribution is -2.51. The molecule has 1 saturated carbocycles. The van der Waals surface area contributed by atoms with E-state index in [0.717, 1.165) is 74.0 Å². The number of benzene rings is 5. The largest absolute Gasteiger partial charge is 0.453 e. The van der Waals surface area contributed by atoms with Crippen LogP contribution in [0.4, 0.5) is 9.59 Å². The Kier molecular flexibility index (Phi) is 12.6. The number of nitrogens with zero attached hydrogens (tertiary/aromatic N) is 3. The van der Waals surface area contributed by atoms with Gasteiger partial charge in [0.05, 0.1) is 55.0 Å². The van der Waals surface area contributed by atoms with E-state index in [0.29, 0.717) is 49.1 Å². The van der Waals surface area contributed by atoms with Gasteiger partial charge in [-0.05, 0) is 76.4 Å². The maximum absolute atomic E-state index is 14.4. The van der Waals surface area contributed by atoms with Gasteiger partial charge in [-0.3, -0.25) is 9.59 Å². The second-order valence-electron chi connectivity index (χ2n) is 17.8. The summed E-state index contributed by atoms with van der Waals surface area (Å²) in [6.45, 7) is 4.85. The summed E-state index contributed by atoms with van der Waals surface area (Å²) in [6.07, 6.45) is 3.00. The summed E-state index contributed by atoms with van der Waals surface area (Å²) >= 11 is 0. The number of hydrogen-bond acceptors (Lipinski definition) is 9. The molecule has 2 aromatic heterocycles. The Hall–Kier alpha value is -7.00. The number of ether oxygens (including phenoxy) is 3. The summed E-state index contributed by atoms with van der Waals surface area (Å²) < 4.78 is 15.3. The molecule has 6 atom stereocenters. The van der Waals surface area contributed by atoms with E-state index < -0.39 is 24.3 Å². The van der Waals surface area contributed by atoms with Crippen molar-refractivity contribution < 1.29 is 33.4 Å². The highest BCUT2D eigenvalue weighted by molar-refractivity contribution is 6.07. The smallest absolute Gasteiger partial charge is 0.407 e. The fourth-order valence-corrected chi connectivity index (χ4v) is 9.46. The van der Waals surface area contributed by atoms with E-state index >= 15 is 0 Å². The molecule has 1 aliphatic heterocycles. The van der Waals surface area contributed by atoms with Crippen LogP contribution in [0.2, 0.25) is 0 Å². The van der Waals surface area contributed by atoms with E-state index in [4.69, 9.17) is 24.2 Å². The molecule has 4 amide bonds. The Morgan fingerprint density at radius 2 is 1.39 bits per heavy atom. The van der Waals surface area contributed by atoms with Gasteiger partial charge in [0.2, 0.25) is 5.91 Å². The minimum Gasteiger partial charge on any atom is -0.453 e. The van der Waals surface area contributed by atoms with Crippen molar-refractivity contribution in [2.45, 2.75) is 70.1 Å². The average Bonchev–Trinajstić information content (AvgIpc) is 3.67. The number of methoxy groups -OCH3 is 3. The first-order chi connectivity index (χ1) is 32.0. The molecule has 15 nitrogen and oxygen atoms in total. The Labute approximate surface area is 382 Å². The number of amides is 4. The number of aromatic amines is 2. The molecule has 0 radical (unpaired) electrons. The lowest BCUT2D eigenvalue weighted by Gasteiger charge is -2.28. The first-order valence-corrected chi connectivity index (χ1v) is 22.7. The van der Waals surface area contributed by atoms with Crippen LogP contribution in [0.1, 0.15) is 81.3 Å². The van der Waals surface area contributed by atoms with Gasteiger partial charge in [-0.1, -0.05) is 99.8 Å². The zero-order valence-electron chi connectivity index (χ0n) is 37.9. The van der Waals surface area contributed by atoms with E-state index in [1.54, 1.807) is 12.0 Å². The maximum Gasteiger partial charge on any atom is 0.407 e. The van der Waals surface area contributed by atoms with Gasteiger partial charge >= 0.3 is 12.2 Å². The maximum atomic E-state index is 14.4. The van der Waals surface area contributed by atoms with Crippen molar-refractivity contribution in [1.29, 1.82) is 0 Å². The van der Waals surface area contributed by atoms with Crippen LogP contribution in [0, 0.1) is 17.8 Å².